The summed E-state index contributed by atoms with van der Waals surface area (Å²) in [6.45, 7) is 1.81. The van der Waals surface area contributed by atoms with Gasteiger partial charge in [0.1, 0.15) is 5.76 Å². The predicted octanol–water partition coefficient (Wildman–Crippen LogP) is 5.07. The van der Waals surface area contributed by atoms with Gasteiger partial charge in [-0.1, -0.05) is 17.8 Å². The van der Waals surface area contributed by atoms with Crippen molar-refractivity contribution in [1.82, 2.24) is 19.6 Å². The van der Waals surface area contributed by atoms with Crippen molar-refractivity contribution in [3.63, 3.8) is 0 Å². The number of pyridine rings is 1. The fourth-order valence-corrected chi connectivity index (χ4v) is 3.90. The van der Waals surface area contributed by atoms with Crippen LogP contribution >= 0.6 is 23.1 Å². The molecule has 0 aliphatic rings. The van der Waals surface area contributed by atoms with E-state index in [-0.39, 0.29) is 0 Å². The highest BCUT2D eigenvalue weighted by Gasteiger charge is 2.31. The van der Waals surface area contributed by atoms with Gasteiger partial charge in [0.25, 0.3) is 0 Å². The topological polar surface area (TPSA) is 56.2 Å². The first kappa shape index (κ1) is 17.1. The maximum absolute atomic E-state index is 12.9. The van der Waals surface area contributed by atoms with Crippen molar-refractivity contribution in [1.29, 1.82) is 0 Å². The molecule has 4 heterocycles. The van der Waals surface area contributed by atoms with E-state index in [1.54, 1.807) is 0 Å². The van der Waals surface area contributed by atoms with Crippen LogP contribution in [0.2, 0.25) is 0 Å². The zero-order valence-electron chi connectivity index (χ0n) is 13.3. The number of thiophene rings is 1. The summed E-state index contributed by atoms with van der Waals surface area (Å²) in [6.07, 6.45) is -3.41. The minimum atomic E-state index is -4.42. The summed E-state index contributed by atoms with van der Waals surface area (Å²) in [7, 11) is 0. The number of aryl methyl sites for hydroxylation is 1. The van der Waals surface area contributed by atoms with Crippen LogP contribution in [0.1, 0.15) is 17.0 Å². The fraction of sp³-hybridized carbons (Fsp3) is 0.188. The standard InChI is InChI=1S/C16H11F3N4OS2/c1-9-11(20-14(24-9)12-3-2-6-25-12)8-26-15-22-21-13-5-4-10(7-23(13)15)16(17,18)19/h2-7H,8H2,1H3. The third-order valence-corrected chi connectivity index (χ3v) is 5.47. The SMILES string of the molecule is Cc1oc(-c2cccs2)nc1CSc1nnc2ccc(C(F)(F)F)cn12. The third kappa shape index (κ3) is 3.21. The summed E-state index contributed by atoms with van der Waals surface area (Å²) in [6, 6.07) is 6.12. The van der Waals surface area contributed by atoms with E-state index in [0.717, 1.165) is 22.8 Å². The first-order valence-electron chi connectivity index (χ1n) is 7.47. The second-order valence-electron chi connectivity index (χ2n) is 5.41. The van der Waals surface area contributed by atoms with Crippen LogP contribution in [0.25, 0.3) is 16.4 Å². The van der Waals surface area contributed by atoms with E-state index in [0.29, 0.717) is 28.2 Å². The average molecular weight is 396 g/mol. The Labute approximate surface area is 153 Å². The van der Waals surface area contributed by atoms with E-state index in [1.165, 1.54) is 33.6 Å². The molecule has 0 amide bonds. The van der Waals surface area contributed by atoms with Gasteiger partial charge >= 0.3 is 6.18 Å². The van der Waals surface area contributed by atoms with E-state index < -0.39 is 11.7 Å². The lowest BCUT2D eigenvalue weighted by atomic mass is 10.3. The molecule has 4 aromatic heterocycles. The summed E-state index contributed by atoms with van der Waals surface area (Å²) in [5.41, 5.74) is 0.336. The number of halogens is 3. The van der Waals surface area contributed by atoms with Crippen molar-refractivity contribution in [2.45, 2.75) is 24.0 Å². The molecule has 0 saturated heterocycles. The first-order valence-corrected chi connectivity index (χ1v) is 9.33. The predicted molar refractivity (Wildman–Crippen MR) is 92.1 cm³/mol. The molecule has 5 nitrogen and oxygen atoms in total. The van der Waals surface area contributed by atoms with Gasteiger partial charge in [-0.3, -0.25) is 4.40 Å². The number of aromatic nitrogens is 4. The minimum absolute atomic E-state index is 0.358. The Balaban J connectivity index is 1.58. The molecule has 4 rings (SSSR count). The van der Waals surface area contributed by atoms with Crippen LogP contribution in [-0.2, 0) is 11.9 Å². The molecule has 134 valence electrons. The van der Waals surface area contributed by atoms with Gasteiger partial charge in [-0.25, -0.2) is 4.98 Å². The maximum atomic E-state index is 12.9. The molecule has 0 aliphatic carbocycles. The zero-order chi connectivity index (χ0) is 18.3. The molecule has 0 aromatic carbocycles. The molecule has 10 heteroatoms. The quantitative estimate of drug-likeness (QED) is 0.451. The highest BCUT2D eigenvalue weighted by molar-refractivity contribution is 7.98. The maximum Gasteiger partial charge on any atom is 0.417 e. The Morgan fingerprint density at radius 3 is 2.81 bits per heavy atom. The lowest BCUT2D eigenvalue weighted by Crippen LogP contribution is -2.06. The second-order valence-corrected chi connectivity index (χ2v) is 7.30. The van der Waals surface area contributed by atoms with Crippen LogP contribution in [0, 0.1) is 6.92 Å². The van der Waals surface area contributed by atoms with Crippen LogP contribution < -0.4 is 0 Å². The van der Waals surface area contributed by atoms with Crippen LogP contribution in [0.15, 0.2) is 45.4 Å². The van der Waals surface area contributed by atoms with Crippen LogP contribution in [0.4, 0.5) is 13.2 Å². The number of fused-ring (bicyclic) bond motifs is 1. The van der Waals surface area contributed by atoms with Crippen molar-refractivity contribution in [3.05, 3.63) is 52.9 Å². The van der Waals surface area contributed by atoms with E-state index >= 15 is 0 Å². The number of nitrogens with zero attached hydrogens (tertiary/aromatic N) is 4. The second kappa shape index (κ2) is 6.44. The number of hydrogen-bond acceptors (Lipinski definition) is 6. The van der Waals surface area contributed by atoms with E-state index in [2.05, 4.69) is 15.2 Å². The van der Waals surface area contributed by atoms with Crippen LogP contribution in [-0.4, -0.2) is 19.6 Å². The third-order valence-electron chi connectivity index (χ3n) is 3.66. The van der Waals surface area contributed by atoms with Gasteiger partial charge in [-0.15, -0.1) is 21.5 Å². The van der Waals surface area contributed by atoms with Crippen molar-refractivity contribution in [2.75, 3.05) is 0 Å². The highest BCUT2D eigenvalue weighted by atomic mass is 32.2. The number of hydrogen-bond donors (Lipinski definition) is 0. The molecule has 0 aliphatic heterocycles. The smallest absolute Gasteiger partial charge is 0.417 e. The minimum Gasteiger partial charge on any atom is -0.440 e. The summed E-state index contributed by atoms with van der Waals surface area (Å²) >= 11 is 2.78. The molecule has 0 spiro atoms. The normalized spacial score (nSPS) is 12.2. The number of rotatable bonds is 4. The summed E-state index contributed by atoms with van der Waals surface area (Å²) in [5.74, 6) is 1.63. The highest BCUT2D eigenvalue weighted by Crippen LogP contribution is 2.32. The lowest BCUT2D eigenvalue weighted by molar-refractivity contribution is -0.137. The number of alkyl halides is 3. The molecule has 0 unspecified atom stereocenters. The molecule has 0 saturated carbocycles. The van der Waals surface area contributed by atoms with Gasteiger partial charge < -0.3 is 4.42 Å². The van der Waals surface area contributed by atoms with Crippen molar-refractivity contribution in [3.8, 4) is 10.8 Å². The molecule has 0 bridgehead atoms. The van der Waals surface area contributed by atoms with Gasteiger partial charge in [0.2, 0.25) is 5.89 Å². The Kier molecular flexibility index (Phi) is 4.23. The van der Waals surface area contributed by atoms with Crippen LogP contribution in [0.3, 0.4) is 0 Å². The van der Waals surface area contributed by atoms with Crippen molar-refractivity contribution >= 4 is 28.7 Å². The summed E-state index contributed by atoms with van der Waals surface area (Å²) in [5, 5.41) is 10.2. The Morgan fingerprint density at radius 2 is 2.08 bits per heavy atom. The largest absolute Gasteiger partial charge is 0.440 e. The molecule has 0 fully saturated rings. The Hall–Kier alpha value is -2.33. The zero-order valence-corrected chi connectivity index (χ0v) is 15.0. The van der Waals surface area contributed by atoms with E-state index in [1.807, 2.05) is 24.4 Å². The van der Waals surface area contributed by atoms with E-state index in [4.69, 9.17) is 4.42 Å². The van der Waals surface area contributed by atoms with Gasteiger partial charge in [0.15, 0.2) is 10.8 Å². The van der Waals surface area contributed by atoms with Crippen molar-refractivity contribution < 1.29 is 17.6 Å². The first-order chi connectivity index (χ1) is 12.4. The lowest BCUT2D eigenvalue weighted by Gasteiger charge is -2.07. The average Bonchev–Trinajstić information content (AvgIpc) is 3.31. The molecule has 0 N–H and O–H groups in total. The summed E-state index contributed by atoms with van der Waals surface area (Å²) in [4.78, 5) is 5.40. The van der Waals surface area contributed by atoms with Gasteiger partial charge in [0.05, 0.1) is 16.1 Å². The molecule has 26 heavy (non-hydrogen) atoms. The molecular formula is C16H11F3N4OS2. The molecule has 0 atom stereocenters. The van der Waals surface area contributed by atoms with Crippen molar-refractivity contribution in [2.24, 2.45) is 0 Å². The van der Waals surface area contributed by atoms with Gasteiger partial charge in [-0.2, -0.15) is 13.2 Å². The molecular weight excluding hydrogens is 385 g/mol. The summed E-state index contributed by atoms with van der Waals surface area (Å²) < 4.78 is 45.7. The van der Waals surface area contributed by atoms with E-state index in [9.17, 15) is 13.2 Å². The molecule has 4 aromatic rings. The van der Waals surface area contributed by atoms with Gasteiger partial charge in [0, 0.05) is 11.9 Å². The Morgan fingerprint density at radius 1 is 1.23 bits per heavy atom. The monoisotopic (exact) mass is 396 g/mol. The van der Waals surface area contributed by atoms with Gasteiger partial charge in [-0.05, 0) is 30.5 Å². The van der Waals surface area contributed by atoms with Crippen LogP contribution in [0.5, 0.6) is 0 Å². The number of thioether (sulfide) groups is 1. The fourth-order valence-electron chi connectivity index (χ4n) is 2.34. The Bertz CT molecular complexity index is 1050. The molecule has 0 radical (unpaired) electrons. The number of oxazole rings is 1.